The van der Waals surface area contributed by atoms with Crippen molar-refractivity contribution in [1.29, 1.82) is 0 Å². The molecule has 0 saturated carbocycles. The second kappa shape index (κ2) is 7.74. The van der Waals surface area contributed by atoms with Gasteiger partial charge in [-0.2, -0.15) is 0 Å². The maximum absolute atomic E-state index is 12.6. The van der Waals surface area contributed by atoms with E-state index in [1.54, 1.807) is 29.4 Å². The van der Waals surface area contributed by atoms with Crippen molar-refractivity contribution < 1.29 is 9.53 Å². The third-order valence-electron chi connectivity index (χ3n) is 4.84. The average molecular weight is 376 g/mol. The van der Waals surface area contributed by atoms with Crippen LogP contribution in [0.3, 0.4) is 0 Å². The van der Waals surface area contributed by atoms with Gasteiger partial charge in [0.15, 0.2) is 0 Å². The van der Waals surface area contributed by atoms with Crippen molar-refractivity contribution in [2.75, 3.05) is 13.1 Å². The van der Waals surface area contributed by atoms with Crippen LogP contribution in [0.5, 0.6) is 0 Å². The molecule has 1 aromatic carbocycles. The van der Waals surface area contributed by atoms with Gasteiger partial charge in [-0.05, 0) is 30.2 Å². The molecule has 1 saturated heterocycles. The molecule has 0 atom stereocenters. The standard InChI is InChI=1S/C21H20N4O3/c1-14-5-2-3-6-16(14)13-28-17-11-25(12-17)21(27)18-10-23-19(24-20(18)26)15-7-4-8-22-9-15/h2-10,17H,11-13H2,1H3,(H,23,24,26). The second-order valence-electron chi connectivity index (χ2n) is 6.79. The summed E-state index contributed by atoms with van der Waals surface area (Å²) in [4.78, 5) is 37.4. The van der Waals surface area contributed by atoms with Crippen LogP contribution in [0.2, 0.25) is 0 Å². The lowest BCUT2D eigenvalue weighted by Gasteiger charge is -2.38. The lowest BCUT2D eigenvalue weighted by molar-refractivity contribution is -0.0505. The number of rotatable bonds is 5. The SMILES string of the molecule is Cc1ccccc1COC1CN(C(=O)c2cnc(-c3cccnc3)[nH]c2=O)C1. The Morgan fingerprint density at radius 3 is 2.75 bits per heavy atom. The van der Waals surface area contributed by atoms with E-state index in [9.17, 15) is 9.59 Å². The van der Waals surface area contributed by atoms with Gasteiger partial charge < -0.3 is 14.6 Å². The van der Waals surface area contributed by atoms with Gasteiger partial charge in [-0.1, -0.05) is 24.3 Å². The Balaban J connectivity index is 1.36. The molecule has 1 fully saturated rings. The number of benzene rings is 1. The zero-order valence-electron chi connectivity index (χ0n) is 15.5. The molecular formula is C21H20N4O3. The van der Waals surface area contributed by atoms with Gasteiger partial charge in [0.1, 0.15) is 11.4 Å². The Hall–Kier alpha value is -3.32. The highest BCUT2D eigenvalue weighted by atomic mass is 16.5. The molecule has 3 heterocycles. The first-order valence-electron chi connectivity index (χ1n) is 9.07. The van der Waals surface area contributed by atoms with Gasteiger partial charge in [0.25, 0.3) is 11.5 Å². The third-order valence-corrected chi connectivity index (χ3v) is 4.84. The lowest BCUT2D eigenvalue weighted by atomic mass is 10.1. The number of carbonyl (C=O) groups excluding carboxylic acids is 1. The van der Waals surface area contributed by atoms with E-state index in [-0.39, 0.29) is 17.6 Å². The van der Waals surface area contributed by atoms with Crippen LogP contribution in [0.15, 0.2) is 59.8 Å². The zero-order chi connectivity index (χ0) is 19.5. The number of aromatic nitrogens is 3. The van der Waals surface area contributed by atoms with Crippen molar-refractivity contribution in [1.82, 2.24) is 19.9 Å². The smallest absolute Gasteiger partial charge is 0.264 e. The predicted molar refractivity (Wildman–Crippen MR) is 104 cm³/mol. The summed E-state index contributed by atoms with van der Waals surface area (Å²) >= 11 is 0. The van der Waals surface area contributed by atoms with Gasteiger partial charge in [-0.15, -0.1) is 0 Å². The molecule has 1 N–H and O–H groups in total. The number of carbonyl (C=O) groups is 1. The summed E-state index contributed by atoms with van der Waals surface area (Å²) in [5.74, 6) is 0.0555. The molecule has 1 amide bonds. The van der Waals surface area contributed by atoms with E-state index in [0.717, 1.165) is 5.56 Å². The number of H-pyrrole nitrogens is 1. The van der Waals surface area contributed by atoms with Gasteiger partial charge in [0, 0.05) is 37.2 Å². The highest BCUT2D eigenvalue weighted by molar-refractivity contribution is 5.94. The Labute approximate surface area is 162 Å². The van der Waals surface area contributed by atoms with Gasteiger partial charge in [0.05, 0.1) is 12.7 Å². The minimum atomic E-state index is -0.455. The molecular weight excluding hydrogens is 356 g/mol. The van der Waals surface area contributed by atoms with Crippen molar-refractivity contribution in [3.05, 3.63) is 82.0 Å². The number of hydrogen-bond acceptors (Lipinski definition) is 5. The van der Waals surface area contributed by atoms with Crippen LogP contribution in [0.1, 0.15) is 21.5 Å². The molecule has 3 aromatic rings. The van der Waals surface area contributed by atoms with E-state index in [4.69, 9.17) is 4.74 Å². The van der Waals surface area contributed by atoms with E-state index in [0.29, 0.717) is 31.1 Å². The fourth-order valence-electron chi connectivity index (χ4n) is 3.06. The Kier molecular flexibility index (Phi) is 4.99. The second-order valence-corrected chi connectivity index (χ2v) is 6.79. The maximum atomic E-state index is 12.6. The van der Waals surface area contributed by atoms with E-state index in [1.165, 1.54) is 11.8 Å². The van der Waals surface area contributed by atoms with Gasteiger partial charge in [-0.3, -0.25) is 14.6 Å². The number of aryl methyl sites for hydroxylation is 1. The largest absolute Gasteiger partial charge is 0.370 e. The first-order chi connectivity index (χ1) is 13.6. The van der Waals surface area contributed by atoms with Crippen molar-refractivity contribution in [2.24, 2.45) is 0 Å². The number of likely N-dealkylation sites (tertiary alicyclic amines) is 1. The van der Waals surface area contributed by atoms with Crippen LogP contribution >= 0.6 is 0 Å². The Bertz CT molecular complexity index is 1040. The molecule has 0 aliphatic carbocycles. The number of amides is 1. The number of pyridine rings is 1. The average Bonchev–Trinajstić information content (AvgIpc) is 2.68. The van der Waals surface area contributed by atoms with E-state index >= 15 is 0 Å². The highest BCUT2D eigenvalue weighted by Crippen LogP contribution is 2.18. The van der Waals surface area contributed by atoms with E-state index in [2.05, 4.69) is 15.0 Å². The molecule has 7 nitrogen and oxygen atoms in total. The molecule has 2 aromatic heterocycles. The van der Waals surface area contributed by atoms with E-state index < -0.39 is 5.56 Å². The third kappa shape index (κ3) is 3.70. The number of nitrogens with zero attached hydrogens (tertiary/aromatic N) is 3. The van der Waals surface area contributed by atoms with Crippen LogP contribution in [-0.2, 0) is 11.3 Å². The van der Waals surface area contributed by atoms with Crippen molar-refractivity contribution >= 4 is 5.91 Å². The minimum absolute atomic E-state index is 0.0229. The summed E-state index contributed by atoms with van der Waals surface area (Å²) in [5, 5.41) is 0. The number of ether oxygens (including phenoxy) is 1. The Morgan fingerprint density at radius 1 is 1.21 bits per heavy atom. The molecule has 0 bridgehead atoms. The topological polar surface area (TPSA) is 88.2 Å². The molecule has 4 rings (SSSR count). The number of hydrogen-bond donors (Lipinski definition) is 1. The molecule has 7 heteroatoms. The maximum Gasteiger partial charge on any atom is 0.264 e. The summed E-state index contributed by atoms with van der Waals surface area (Å²) in [5.41, 5.74) is 2.58. The van der Waals surface area contributed by atoms with Crippen LogP contribution in [0.4, 0.5) is 0 Å². The molecule has 0 spiro atoms. The molecule has 1 aliphatic rings. The van der Waals surface area contributed by atoms with Crippen molar-refractivity contribution in [3.63, 3.8) is 0 Å². The lowest BCUT2D eigenvalue weighted by Crippen LogP contribution is -2.55. The molecule has 28 heavy (non-hydrogen) atoms. The highest BCUT2D eigenvalue weighted by Gasteiger charge is 2.33. The van der Waals surface area contributed by atoms with Crippen molar-refractivity contribution in [3.8, 4) is 11.4 Å². The fraction of sp³-hybridized carbons (Fsp3) is 0.238. The van der Waals surface area contributed by atoms with Gasteiger partial charge >= 0.3 is 0 Å². The number of nitrogens with one attached hydrogen (secondary N) is 1. The predicted octanol–water partition coefficient (Wildman–Crippen LogP) is 2.18. The first-order valence-corrected chi connectivity index (χ1v) is 9.07. The monoisotopic (exact) mass is 376 g/mol. The van der Waals surface area contributed by atoms with Gasteiger partial charge in [0.2, 0.25) is 0 Å². The normalized spacial score (nSPS) is 14.0. The first kappa shape index (κ1) is 18.1. The number of aromatic amines is 1. The van der Waals surface area contributed by atoms with Crippen molar-refractivity contribution in [2.45, 2.75) is 19.6 Å². The quantitative estimate of drug-likeness (QED) is 0.737. The van der Waals surface area contributed by atoms with Crippen LogP contribution in [0.25, 0.3) is 11.4 Å². The Morgan fingerprint density at radius 2 is 2.04 bits per heavy atom. The summed E-state index contributed by atoms with van der Waals surface area (Å²) in [7, 11) is 0. The van der Waals surface area contributed by atoms with Crippen LogP contribution in [0, 0.1) is 6.92 Å². The van der Waals surface area contributed by atoms with E-state index in [1.807, 2.05) is 31.2 Å². The summed E-state index contributed by atoms with van der Waals surface area (Å²) < 4.78 is 5.87. The summed E-state index contributed by atoms with van der Waals surface area (Å²) in [6.45, 7) is 3.49. The van der Waals surface area contributed by atoms with Crippen LogP contribution in [-0.4, -0.2) is 45.0 Å². The molecule has 0 radical (unpaired) electrons. The molecule has 142 valence electrons. The van der Waals surface area contributed by atoms with Crippen LogP contribution < -0.4 is 5.56 Å². The summed E-state index contributed by atoms with van der Waals surface area (Å²) in [6.07, 6.45) is 4.54. The van der Waals surface area contributed by atoms with Gasteiger partial charge in [-0.25, -0.2) is 4.98 Å². The summed E-state index contributed by atoms with van der Waals surface area (Å²) in [6, 6.07) is 11.6. The minimum Gasteiger partial charge on any atom is -0.370 e. The fourth-order valence-corrected chi connectivity index (χ4v) is 3.06. The zero-order valence-corrected chi connectivity index (χ0v) is 15.5. The molecule has 0 unspecified atom stereocenters. The molecule has 1 aliphatic heterocycles.